The Labute approximate surface area is 173 Å². The molecular weight excluding hydrogens is 388 g/mol. The average molecular weight is 410 g/mol. The summed E-state index contributed by atoms with van der Waals surface area (Å²) in [5.74, 6) is -1.93. The number of benzene rings is 2. The Morgan fingerprint density at radius 1 is 0.833 bits per heavy atom. The number of carbonyl (C=O) groups excluding carboxylic acids is 4. The fourth-order valence-electron chi connectivity index (χ4n) is 2.93. The number of ether oxygens (including phenoxy) is 1. The van der Waals surface area contributed by atoms with E-state index in [9.17, 15) is 19.2 Å². The molecule has 3 amide bonds. The fourth-order valence-corrected chi connectivity index (χ4v) is 2.93. The third kappa shape index (κ3) is 5.44. The highest BCUT2D eigenvalue weighted by Crippen LogP contribution is 2.23. The molecule has 1 heterocycles. The number of hydrogen-bond acceptors (Lipinski definition) is 6. The average Bonchev–Trinajstić information content (AvgIpc) is 3.00. The summed E-state index contributed by atoms with van der Waals surface area (Å²) in [4.78, 5) is 52.8. The van der Waals surface area contributed by atoms with Crippen LogP contribution in [0, 0.1) is 0 Å². The molecule has 30 heavy (non-hydrogen) atoms. The third-order valence-corrected chi connectivity index (χ3v) is 4.49. The van der Waals surface area contributed by atoms with E-state index < -0.39 is 23.9 Å². The maximum atomic E-state index is 12.1. The number of carbonyl (C=O) groups is 4. The molecule has 156 valence electrons. The van der Waals surface area contributed by atoms with Crippen molar-refractivity contribution in [3.8, 4) is 0 Å². The highest BCUT2D eigenvalue weighted by atomic mass is 16.7. The topological polar surface area (TPSA) is 102 Å². The minimum atomic E-state index is -0.653. The molecule has 8 heteroatoms. The van der Waals surface area contributed by atoms with Gasteiger partial charge in [-0.15, -0.1) is 0 Å². The maximum Gasteiger partial charge on any atom is 0.407 e. The van der Waals surface area contributed by atoms with Gasteiger partial charge in [0, 0.05) is 13.0 Å². The van der Waals surface area contributed by atoms with Crippen LogP contribution in [0.2, 0.25) is 0 Å². The van der Waals surface area contributed by atoms with Gasteiger partial charge in [0.2, 0.25) is 0 Å². The van der Waals surface area contributed by atoms with Gasteiger partial charge in [0.05, 0.1) is 11.1 Å². The second-order valence-electron chi connectivity index (χ2n) is 6.71. The van der Waals surface area contributed by atoms with E-state index in [0.717, 1.165) is 5.56 Å². The van der Waals surface area contributed by atoms with Crippen LogP contribution in [0.3, 0.4) is 0 Å². The molecule has 0 aliphatic carbocycles. The second-order valence-corrected chi connectivity index (χ2v) is 6.71. The van der Waals surface area contributed by atoms with Crippen LogP contribution in [0.5, 0.6) is 0 Å². The van der Waals surface area contributed by atoms with Gasteiger partial charge in [-0.1, -0.05) is 53.9 Å². The highest BCUT2D eigenvalue weighted by Gasteiger charge is 2.38. The number of amides is 3. The Bertz CT molecular complexity index is 893. The zero-order valence-corrected chi connectivity index (χ0v) is 16.3. The standard InChI is InChI=1S/C22H22N2O6/c25-19(30-24-20(26)17-11-6-7-12-18(17)21(24)27)13-5-2-8-14-23-22(28)29-15-16-9-3-1-4-10-16/h1,3-4,6-7,9-12H,2,5,8,13-15H2,(H,23,28). The molecule has 0 atom stereocenters. The molecule has 3 rings (SSSR count). The summed E-state index contributed by atoms with van der Waals surface area (Å²) in [6, 6.07) is 15.7. The van der Waals surface area contributed by atoms with Crippen molar-refractivity contribution in [1.29, 1.82) is 0 Å². The first-order valence-electron chi connectivity index (χ1n) is 9.69. The SMILES string of the molecule is O=C(CCCCCNC(=O)OCc1ccccc1)ON1C(=O)c2ccccc2C1=O. The van der Waals surface area contributed by atoms with Crippen LogP contribution in [0.15, 0.2) is 54.6 Å². The van der Waals surface area contributed by atoms with Crippen molar-refractivity contribution in [2.75, 3.05) is 6.54 Å². The van der Waals surface area contributed by atoms with Crippen LogP contribution in [0.1, 0.15) is 52.0 Å². The first-order chi connectivity index (χ1) is 14.6. The van der Waals surface area contributed by atoms with Gasteiger partial charge in [0.1, 0.15) is 6.61 Å². The van der Waals surface area contributed by atoms with Gasteiger partial charge < -0.3 is 14.9 Å². The van der Waals surface area contributed by atoms with Gasteiger partial charge in [-0.3, -0.25) is 9.59 Å². The fraction of sp³-hybridized carbons (Fsp3) is 0.273. The van der Waals surface area contributed by atoms with E-state index in [1.807, 2.05) is 30.3 Å². The largest absolute Gasteiger partial charge is 0.445 e. The van der Waals surface area contributed by atoms with E-state index in [2.05, 4.69) is 5.32 Å². The van der Waals surface area contributed by atoms with Crippen LogP contribution in [0.4, 0.5) is 4.79 Å². The van der Waals surface area contributed by atoms with Gasteiger partial charge in [-0.2, -0.15) is 0 Å². The van der Waals surface area contributed by atoms with Crippen molar-refractivity contribution >= 4 is 23.9 Å². The summed E-state index contributed by atoms with van der Waals surface area (Å²) in [5.41, 5.74) is 1.35. The van der Waals surface area contributed by atoms with Crippen LogP contribution in [0.25, 0.3) is 0 Å². The Morgan fingerprint density at radius 2 is 1.47 bits per heavy atom. The van der Waals surface area contributed by atoms with E-state index in [1.165, 1.54) is 12.1 Å². The van der Waals surface area contributed by atoms with Crippen molar-refractivity contribution in [3.63, 3.8) is 0 Å². The predicted octanol–water partition coefficient (Wildman–Crippen LogP) is 3.23. The molecule has 0 spiro atoms. The van der Waals surface area contributed by atoms with Crippen LogP contribution >= 0.6 is 0 Å². The van der Waals surface area contributed by atoms with E-state index in [4.69, 9.17) is 9.57 Å². The normalized spacial score (nSPS) is 12.5. The van der Waals surface area contributed by atoms with Crippen molar-refractivity contribution in [2.24, 2.45) is 0 Å². The van der Waals surface area contributed by atoms with Gasteiger partial charge >= 0.3 is 12.1 Å². The molecule has 0 radical (unpaired) electrons. The molecule has 2 aromatic carbocycles. The Kier molecular flexibility index (Phi) is 7.15. The lowest BCUT2D eigenvalue weighted by atomic mass is 10.1. The Hall–Kier alpha value is -3.68. The van der Waals surface area contributed by atoms with Crippen LogP contribution in [-0.2, 0) is 21.0 Å². The number of nitrogens with one attached hydrogen (secondary N) is 1. The van der Waals surface area contributed by atoms with E-state index >= 15 is 0 Å². The number of hydroxylamine groups is 2. The quantitative estimate of drug-likeness (QED) is 0.503. The summed E-state index contributed by atoms with van der Waals surface area (Å²) in [6.07, 6.45) is 1.38. The summed E-state index contributed by atoms with van der Waals surface area (Å²) < 4.78 is 5.10. The number of alkyl carbamates (subject to hydrolysis) is 1. The molecule has 0 aromatic heterocycles. The number of unbranched alkanes of at least 4 members (excludes halogenated alkanes) is 2. The number of hydrogen-bond donors (Lipinski definition) is 1. The lowest BCUT2D eigenvalue weighted by Crippen LogP contribution is -2.32. The predicted molar refractivity (Wildman–Crippen MR) is 106 cm³/mol. The molecule has 0 saturated heterocycles. The molecule has 2 aromatic rings. The molecule has 0 fully saturated rings. The molecule has 0 bridgehead atoms. The first-order valence-corrected chi connectivity index (χ1v) is 9.69. The lowest BCUT2D eigenvalue weighted by Gasteiger charge is -2.12. The van der Waals surface area contributed by atoms with Gasteiger partial charge in [0.25, 0.3) is 11.8 Å². The second kappa shape index (κ2) is 10.2. The van der Waals surface area contributed by atoms with E-state index in [0.29, 0.717) is 30.9 Å². The summed E-state index contributed by atoms with van der Waals surface area (Å²) in [7, 11) is 0. The smallest absolute Gasteiger partial charge is 0.407 e. The number of fused-ring (bicyclic) bond motifs is 1. The van der Waals surface area contributed by atoms with E-state index in [1.54, 1.807) is 12.1 Å². The van der Waals surface area contributed by atoms with E-state index in [-0.39, 0.29) is 24.2 Å². The summed E-state index contributed by atoms with van der Waals surface area (Å²) in [6.45, 7) is 0.622. The number of imide groups is 1. The van der Waals surface area contributed by atoms with Gasteiger partial charge in [0.15, 0.2) is 0 Å². The molecular formula is C22H22N2O6. The maximum absolute atomic E-state index is 12.1. The van der Waals surface area contributed by atoms with Gasteiger partial charge in [-0.05, 0) is 30.5 Å². The highest BCUT2D eigenvalue weighted by molar-refractivity contribution is 6.20. The Morgan fingerprint density at radius 3 is 2.13 bits per heavy atom. The minimum absolute atomic E-state index is 0.0614. The molecule has 0 saturated carbocycles. The number of rotatable bonds is 9. The molecule has 1 aliphatic heterocycles. The Balaban J connectivity index is 1.27. The monoisotopic (exact) mass is 410 g/mol. The molecule has 0 unspecified atom stereocenters. The summed E-state index contributed by atoms with van der Waals surface area (Å²) >= 11 is 0. The minimum Gasteiger partial charge on any atom is -0.445 e. The zero-order chi connectivity index (χ0) is 21.3. The zero-order valence-electron chi connectivity index (χ0n) is 16.3. The lowest BCUT2D eigenvalue weighted by molar-refractivity contribution is -0.168. The van der Waals surface area contributed by atoms with Crippen molar-refractivity contribution in [3.05, 3.63) is 71.3 Å². The van der Waals surface area contributed by atoms with Crippen LogP contribution < -0.4 is 5.32 Å². The van der Waals surface area contributed by atoms with Crippen molar-refractivity contribution in [1.82, 2.24) is 10.4 Å². The van der Waals surface area contributed by atoms with Crippen molar-refractivity contribution in [2.45, 2.75) is 32.3 Å². The van der Waals surface area contributed by atoms with Crippen LogP contribution in [-0.4, -0.2) is 35.5 Å². The van der Waals surface area contributed by atoms with Crippen molar-refractivity contribution < 1.29 is 28.8 Å². The number of nitrogens with zero attached hydrogens (tertiary/aromatic N) is 1. The summed E-state index contributed by atoms with van der Waals surface area (Å²) in [5, 5.41) is 3.16. The van der Waals surface area contributed by atoms with Gasteiger partial charge in [-0.25, -0.2) is 9.59 Å². The molecule has 1 N–H and O–H groups in total. The molecule has 1 aliphatic rings. The first kappa shape index (κ1) is 21.0. The third-order valence-electron chi connectivity index (χ3n) is 4.49. The molecule has 8 nitrogen and oxygen atoms in total.